The molecule has 1 aliphatic heterocycles. The number of sulfonamides is 1. The average Bonchev–Trinajstić information content (AvgIpc) is 2.39. The van der Waals surface area contributed by atoms with Crippen molar-refractivity contribution in [3.05, 3.63) is 0 Å². The van der Waals surface area contributed by atoms with Crippen LogP contribution in [0.5, 0.6) is 0 Å². The largest absolute Gasteiger partial charge is 0.381 e. The minimum absolute atomic E-state index is 0.0940. The maximum atomic E-state index is 12.1. The summed E-state index contributed by atoms with van der Waals surface area (Å²) in [5.41, 5.74) is 5.09. The van der Waals surface area contributed by atoms with Crippen molar-refractivity contribution >= 4 is 15.9 Å². The zero-order valence-corrected chi connectivity index (χ0v) is 12.1. The second kappa shape index (κ2) is 7.18. The van der Waals surface area contributed by atoms with Gasteiger partial charge in [-0.05, 0) is 12.8 Å². The molecule has 112 valence electrons. The van der Waals surface area contributed by atoms with Gasteiger partial charge in [-0.3, -0.25) is 4.79 Å². The third-order valence-corrected chi connectivity index (χ3v) is 4.81. The molecule has 0 aliphatic carbocycles. The Morgan fingerprint density at radius 3 is 2.53 bits per heavy atom. The summed E-state index contributed by atoms with van der Waals surface area (Å²) >= 11 is 0. The third kappa shape index (κ3) is 4.72. The summed E-state index contributed by atoms with van der Waals surface area (Å²) in [4.78, 5) is 12.1. The summed E-state index contributed by atoms with van der Waals surface area (Å²) in [7, 11) is -3.31. The summed E-state index contributed by atoms with van der Waals surface area (Å²) in [6.45, 7) is 3.43. The molecule has 1 heterocycles. The highest BCUT2D eigenvalue weighted by Gasteiger charge is 2.38. The molecule has 0 saturated carbocycles. The van der Waals surface area contributed by atoms with E-state index < -0.39 is 15.4 Å². The summed E-state index contributed by atoms with van der Waals surface area (Å²) in [5.74, 6) is -0.297. The Balaban J connectivity index is 2.46. The van der Waals surface area contributed by atoms with Gasteiger partial charge in [-0.15, -0.1) is 0 Å². The van der Waals surface area contributed by atoms with Crippen LogP contribution in [0.15, 0.2) is 0 Å². The minimum atomic E-state index is -3.31. The highest BCUT2D eigenvalue weighted by atomic mass is 32.2. The fraction of sp³-hybridized carbons (Fsp3) is 0.909. The zero-order chi connectivity index (χ0) is 14.4. The average molecular weight is 293 g/mol. The first-order chi connectivity index (χ1) is 8.96. The summed E-state index contributed by atoms with van der Waals surface area (Å²) in [5, 5.41) is 2.66. The molecule has 0 aromatic heterocycles. The molecule has 0 atom stereocenters. The molecule has 8 heteroatoms. The quantitative estimate of drug-likeness (QED) is 0.546. The van der Waals surface area contributed by atoms with Gasteiger partial charge >= 0.3 is 0 Å². The van der Waals surface area contributed by atoms with E-state index in [1.807, 2.05) is 0 Å². The van der Waals surface area contributed by atoms with E-state index >= 15 is 0 Å². The van der Waals surface area contributed by atoms with E-state index in [0.29, 0.717) is 32.6 Å². The maximum Gasteiger partial charge on any atom is 0.227 e. The Morgan fingerprint density at radius 2 is 2.00 bits per heavy atom. The van der Waals surface area contributed by atoms with Crippen molar-refractivity contribution in [3.63, 3.8) is 0 Å². The number of ether oxygens (including phenoxy) is 1. The molecule has 4 N–H and O–H groups in total. The lowest BCUT2D eigenvalue weighted by atomic mass is 9.79. The molecule has 0 unspecified atom stereocenters. The number of hydrogen-bond donors (Lipinski definition) is 3. The molecule has 0 radical (unpaired) electrons. The highest BCUT2D eigenvalue weighted by Crippen LogP contribution is 2.29. The topological polar surface area (TPSA) is 111 Å². The van der Waals surface area contributed by atoms with E-state index in [4.69, 9.17) is 10.5 Å². The molecule has 19 heavy (non-hydrogen) atoms. The molecular formula is C11H23N3O4S. The van der Waals surface area contributed by atoms with Gasteiger partial charge in [-0.25, -0.2) is 13.1 Å². The molecule has 0 aromatic carbocycles. The Kier molecular flexibility index (Phi) is 6.18. The Bertz CT molecular complexity index is 391. The first-order valence-corrected chi connectivity index (χ1v) is 8.14. The number of carbonyl (C=O) groups excluding carboxylic acids is 1. The highest BCUT2D eigenvalue weighted by molar-refractivity contribution is 7.89. The van der Waals surface area contributed by atoms with Crippen LogP contribution in [0.1, 0.15) is 19.8 Å². The maximum absolute atomic E-state index is 12.1. The number of amides is 1. The van der Waals surface area contributed by atoms with Crippen LogP contribution in [-0.2, 0) is 19.6 Å². The van der Waals surface area contributed by atoms with E-state index in [1.165, 1.54) is 0 Å². The van der Waals surface area contributed by atoms with Crippen LogP contribution in [-0.4, -0.2) is 52.9 Å². The number of nitrogens with one attached hydrogen (secondary N) is 2. The van der Waals surface area contributed by atoms with E-state index in [9.17, 15) is 13.2 Å². The molecule has 1 fully saturated rings. The summed E-state index contributed by atoms with van der Waals surface area (Å²) in [6.07, 6.45) is 1.16. The molecular weight excluding hydrogens is 270 g/mol. The van der Waals surface area contributed by atoms with E-state index in [1.54, 1.807) is 6.92 Å². The second-order valence-corrected chi connectivity index (χ2v) is 6.60. The normalized spacial score (nSPS) is 19.1. The number of hydrogen-bond acceptors (Lipinski definition) is 5. The fourth-order valence-corrected chi connectivity index (χ4v) is 3.02. The van der Waals surface area contributed by atoms with Gasteiger partial charge in [-0.2, -0.15) is 0 Å². The monoisotopic (exact) mass is 293 g/mol. The van der Waals surface area contributed by atoms with Crippen LogP contribution in [0.3, 0.4) is 0 Å². The van der Waals surface area contributed by atoms with Gasteiger partial charge in [0.1, 0.15) is 0 Å². The van der Waals surface area contributed by atoms with Gasteiger partial charge in [0, 0.05) is 32.8 Å². The van der Waals surface area contributed by atoms with Gasteiger partial charge in [0.2, 0.25) is 15.9 Å². The van der Waals surface area contributed by atoms with Crippen LogP contribution in [0.25, 0.3) is 0 Å². The van der Waals surface area contributed by atoms with E-state index in [0.717, 1.165) is 0 Å². The molecule has 0 bridgehead atoms. The molecule has 0 aromatic rings. The predicted molar refractivity (Wildman–Crippen MR) is 72.0 cm³/mol. The van der Waals surface area contributed by atoms with Crippen molar-refractivity contribution in [1.82, 2.24) is 10.0 Å². The van der Waals surface area contributed by atoms with Crippen LogP contribution in [0.2, 0.25) is 0 Å². The zero-order valence-electron chi connectivity index (χ0n) is 11.3. The first kappa shape index (κ1) is 16.4. The standard InChI is InChI=1S/C11H23N3O4S/c1-2-14-19(16,17)8-5-13-10(15)11(9-12)3-6-18-7-4-11/h14H,2-9,12H2,1H3,(H,13,15). The molecule has 7 nitrogen and oxygen atoms in total. The van der Waals surface area contributed by atoms with E-state index in [2.05, 4.69) is 10.0 Å². The molecule has 1 aliphatic rings. The van der Waals surface area contributed by atoms with Crippen LogP contribution in [0, 0.1) is 5.41 Å². The number of carbonyl (C=O) groups is 1. The lowest BCUT2D eigenvalue weighted by Crippen LogP contribution is -2.50. The van der Waals surface area contributed by atoms with Crippen molar-refractivity contribution in [2.24, 2.45) is 11.1 Å². The van der Waals surface area contributed by atoms with Crippen molar-refractivity contribution in [2.75, 3.05) is 38.6 Å². The Labute approximate surface area is 114 Å². The lowest BCUT2D eigenvalue weighted by Gasteiger charge is -2.34. The van der Waals surface area contributed by atoms with Gasteiger partial charge < -0.3 is 15.8 Å². The van der Waals surface area contributed by atoms with Gasteiger partial charge in [0.15, 0.2) is 0 Å². The van der Waals surface area contributed by atoms with Crippen molar-refractivity contribution in [1.29, 1.82) is 0 Å². The van der Waals surface area contributed by atoms with Crippen LogP contribution >= 0.6 is 0 Å². The van der Waals surface area contributed by atoms with Crippen LogP contribution < -0.4 is 15.8 Å². The lowest BCUT2D eigenvalue weighted by molar-refractivity contribution is -0.135. The second-order valence-electron chi connectivity index (χ2n) is 4.67. The van der Waals surface area contributed by atoms with Gasteiger partial charge in [-0.1, -0.05) is 6.92 Å². The Hall–Kier alpha value is -0.700. The van der Waals surface area contributed by atoms with Crippen molar-refractivity contribution in [2.45, 2.75) is 19.8 Å². The third-order valence-electron chi connectivity index (χ3n) is 3.34. The SMILES string of the molecule is CCNS(=O)(=O)CCNC(=O)C1(CN)CCOCC1. The fourth-order valence-electron chi connectivity index (χ4n) is 2.06. The van der Waals surface area contributed by atoms with Gasteiger partial charge in [0.25, 0.3) is 0 Å². The molecule has 1 amide bonds. The first-order valence-electron chi connectivity index (χ1n) is 6.49. The molecule has 0 spiro atoms. The summed E-state index contributed by atoms with van der Waals surface area (Å²) < 4.78 is 30.5. The smallest absolute Gasteiger partial charge is 0.227 e. The molecule has 1 saturated heterocycles. The predicted octanol–water partition coefficient (Wildman–Crippen LogP) is -1.20. The molecule has 1 rings (SSSR count). The van der Waals surface area contributed by atoms with Crippen molar-refractivity contribution in [3.8, 4) is 0 Å². The van der Waals surface area contributed by atoms with E-state index in [-0.39, 0.29) is 24.7 Å². The minimum Gasteiger partial charge on any atom is -0.381 e. The number of nitrogens with two attached hydrogens (primary N) is 1. The number of rotatable bonds is 7. The summed E-state index contributed by atoms with van der Waals surface area (Å²) in [6, 6.07) is 0. The van der Waals surface area contributed by atoms with Gasteiger partial charge in [0.05, 0.1) is 11.2 Å². The van der Waals surface area contributed by atoms with Crippen LogP contribution in [0.4, 0.5) is 0 Å². The van der Waals surface area contributed by atoms with Crippen molar-refractivity contribution < 1.29 is 17.9 Å². The Morgan fingerprint density at radius 1 is 1.37 bits per heavy atom.